The Morgan fingerprint density at radius 1 is 1.19 bits per heavy atom. The summed E-state index contributed by atoms with van der Waals surface area (Å²) in [4.78, 5) is 24.8. The van der Waals surface area contributed by atoms with E-state index < -0.39 is 29.1 Å². The first kappa shape index (κ1) is 15.4. The van der Waals surface area contributed by atoms with Crippen LogP contribution in [0.3, 0.4) is 0 Å². The Morgan fingerprint density at radius 2 is 1.71 bits per heavy atom. The number of piperidine rings is 1. The lowest BCUT2D eigenvalue weighted by atomic mass is 10.0. The van der Waals surface area contributed by atoms with Gasteiger partial charge in [0.15, 0.2) is 11.6 Å². The van der Waals surface area contributed by atoms with Crippen molar-refractivity contribution < 1.29 is 28.2 Å². The van der Waals surface area contributed by atoms with E-state index in [0.717, 1.165) is 0 Å². The molecule has 1 fully saturated rings. The molecule has 1 aliphatic heterocycles. The van der Waals surface area contributed by atoms with Crippen LogP contribution in [0.5, 0.6) is 0 Å². The van der Waals surface area contributed by atoms with Crippen LogP contribution in [0.1, 0.15) is 33.6 Å². The summed E-state index contributed by atoms with van der Waals surface area (Å²) in [6, 6.07) is 1.18. The van der Waals surface area contributed by atoms with Crippen LogP contribution < -0.4 is 0 Å². The molecule has 2 rings (SSSR count). The minimum absolute atomic E-state index is 0.0537. The van der Waals surface area contributed by atoms with E-state index in [1.807, 2.05) is 0 Å². The molecule has 1 aromatic carbocycles. The second kappa shape index (κ2) is 6.17. The Hall–Kier alpha value is -2.02. The van der Waals surface area contributed by atoms with Crippen LogP contribution in [-0.4, -0.2) is 48.2 Å². The standard InChI is InChI=1S/C14H15F2NO4/c1-21-8-2-4-17(5-3-8)13(18)9-6-11(15)12(16)7-10(9)14(19)20/h6-8H,2-5H2,1H3,(H,19,20). The lowest BCUT2D eigenvalue weighted by Crippen LogP contribution is -2.41. The summed E-state index contributed by atoms with van der Waals surface area (Å²) < 4.78 is 31.6. The van der Waals surface area contributed by atoms with E-state index in [-0.39, 0.29) is 11.7 Å². The fourth-order valence-corrected chi connectivity index (χ4v) is 2.37. The average Bonchev–Trinajstić information content (AvgIpc) is 2.48. The summed E-state index contributed by atoms with van der Waals surface area (Å²) in [5, 5.41) is 9.03. The first-order chi connectivity index (χ1) is 9.93. The fraction of sp³-hybridized carbons (Fsp3) is 0.429. The Labute approximate surface area is 120 Å². The number of carbonyl (C=O) groups excluding carboxylic acids is 1. The number of carboxylic acid groups (broad SMARTS) is 1. The number of nitrogens with zero attached hydrogens (tertiary/aromatic N) is 1. The molecule has 0 radical (unpaired) electrons. The van der Waals surface area contributed by atoms with Crippen molar-refractivity contribution in [2.24, 2.45) is 0 Å². The zero-order valence-corrected chi connectivity index (χ0v) is 11.4. The number of carbonyl (C=O) groups is 2. The Kier molecular flexibility index (Phi) is 4.52. The molecule has 114 valence electrons. The zero-order chi connectivity index (χ0) is 15.6. The number of rotatable bonds is 3. The molecule has 21 heavy (non-hydrogen) atoms. The van der Waals surface area contributed by atoms with Gasteiger partial charge < -0.3 is 14.7 Å². The summed E-state index contributed by atoms with van der Waals surface area (Å²) in [7, 11) is 1.58. The Balaban J connectivity index is 2.27. The molecule has 0 saturated carbocycles. The highest BCUT2D eigenvalue weighted by Crippen LogP contribution is 2.20. The second-order valence-corrected chi connectivity index (χ2v) is 4.84. The van der Waals surface area contributed by atoms with Gasteiger partial charge in [-0.3, -0.25) is 4.79 Å². The van der Waals surface area contributed by atoms with Gasteiger partial charge in [-0.15, -0.1) is 0 Å². The molecule has 1 amide bonds. The molecule has 1 saturated heterocycles. The maximum Gasteiger partial charge on any atom is 0.336 e. The summed E-state index contributed by atoms with van der Waals surface area (Å²) in [6.07, 6.45) is 1.29. The van der Waals surface area contributed by atoms with Gasteiger partial charge in [0.25, 0.3) is 5.91 Å². The number of hydrogen-bond acceptors (Lipinski definition) is 3. The highest BCUT2D eigenvalue weighted by atomic mass is 19.2. The van der Waals surface area contributed by atoms with Crippen LogP contribution in [0, 0.1) is 11.6 Å². The number of aromatic carboxylic acids is 1. The molecule has 1 aliphatic rings. The Morgan fingerprint density at radius 3 is 2.19 bits per heavy atom. The van der Waals surface area contributed by atoms with Gasteiger partial charge in [-0.2, -0.15) is 0 Å². The van der Waals surface area contributed by atoms with E-state index in [9.17, 15) is 18.4 Å². The van der Waals surface area contributed by atoms with Crippen LogP contribution >= 0.6 is 0 Å². The van der Waals surface area contributed by atoms with Crippen molar-refractivity contribution in [3.05, 3.63) is 34.9 Å². The number of benzene rings is 1. The van der Waals surface area contributed by atoms with Gasteiger partial charge in [0.2, 0.25) is 0 Å². The van der Waals surface area contributed by atoms with Gasteiger partial charge in [-0.25, -0.2) is 13.6 Å². The number of carboxylic acids is 1. The van der Waals surface area contributed by atoms with Crippen LogP contribution in [0.15, 0.2) is 12.1 Å². The molecule has 7 heteroatoms. The van der Waals surface area contributed by atoms with Crippen molar-refractivity contribution in [3.63, 3.8) is 0 Å². The van der Waals surface area contributed by atoms with E-state index in [0.29, 0.717) is 38.1 Å². The highest BCUT2D eigenvalue weighted by Gasteiger charge is 2.27. The molecule has 0 aromatic heterocycles. The number of hydrogen-bond donors (Lipinski definition) is 1. The first-order valence-corrected chi connectivity index (χ1v) is 6.48. The molecular formula is C14H15F2NO4. The first-order valence-electron chi connectivity index (χ1n) is 6.48. The number of amides is 1. The largest absolute Gasteiger partial charge is 0.478 e. The van der Waals surface area contributed by atoms with Gasteiger partial charge in [-0.05, 0) is 25.0 Å². The van der Waals surface area contributed by atoms with Crippen LogP contribution in [0.4, 0.5) is 8.78 Å². The van der Waals surface area contributed by atoms with Crippen molar-refractivity contribution in [1.29, 1.82) is 0 Å². The third-order valence-corrected chi connectivity index (χ3v) is 3.58. The smallest absolute Gasteiger partial charge is 0.336 e. The fourth-order valence-electron chi connectivity index (χ4n) is 2.37. The van der Waals surface area contributed by atoms with Crippen molar-refractivity contribution in [3.8, 4) is 0 Å². The Bertz CT molecular complexity index is 568. The van der Waals surface area contributed by atoms with E-state index in [1.54, 1.807) is 7.11 Å². The van der Waals surface area contributed by atoms with Gasteiger partial charge in [0, 0.05) is 20.2 Å². The molecule has 0 spiro atoms. The van der Waals surface area contributed by atoms with Crippen molar-refractivity contribution >= 4 is 11.9 Å². The van der Waals surface area contributed by atoms with E-state index >= 15 is 0 Å². The summed E-state index contributed by atoms with van der Waals surface area (Å²) in [5.41, 5.74) is -0.870. The van der Waals surface area contributed by atoms with E-state index in [1.165, 1.54) is 4.90 Å². The SMILES string of the molecule is COC1CCN(C(=O)c2cc(F)c(F)cc2C(=O)O)CC1. The topological polar surface area (TPSA) is 66.8 Å². The van der Waals surface area contributed by atoms with Gasteiger partial charge in [-0.1, -0.05) is 0 Å². The average molecular weight is 299 g/mol. The third kappa shape index (κ3) is 3.18. The van der Waals surface area contributed by atoms with Gasteiger partial charge in [0.1, 0.15) is 0 Å². The molecule has 1 heterocycles. The minimum Gasteiger partial charge on any atom is -0.478 e. The van der Waals surface area contributed by atoms with Gasteiger partial charge in [0.05, 0.1) is 17.2 Å². The molecular weight excluding hydrogens is 284 g/mol. The number of methoxy groups -OCH3 is 1. The second-order valence-electron chi connectivity index (χ2n) is 4.84. The minimum atomic E-state index is -1.47. The molecule has 5 nitrogen and oxygen atoms in total. The number of halogens is 2. The predicted molar refractivity (Wildman–Crippen MR) is 69.3 cm³/mol. The monoisotopic (exact) mass is 299 g/mol. The van der Waals surface area contributed by atoms with Crippen LogP contribution in [0.25, 0.3) is 0 Å². The van der Waals surface area contributed by atoms with Crippen molar-refractivity contribution in [1.82, 2.24) is 4.90 Å². The summed E-state index contributed by atoms with van der Waals surface area (Å²) in [5.74, 6) is -4.61. The van der Waals surface area contributed by atoms with Crippen molar-refractivity contribution in [2.45, 2.75) is 18.9 Å². The zero-order valence-electron chi connectivity index (χ0n) is 11.4. The van der Waals surface area contributed by atoms with Gasteiger partial charge >= 0.3 is 5.97 Å². The molecule has 1 aromatic rings. The highest BCUT2D eigenvalue weighted by molar-refractivity contribution is 6.04. The molecule has 0 aliphatic carbocycles. The lowest BCUT2D eigenvalue weighted by Gasteiger charge is -2.31. The van der Waals surface area contributed by atoms with Crippen LogP contribution in [-0.2, 0) is 4.74 Å². The number of likely N-dealkylation sites (tertiary alicyclic amines) is 1. The molecule has 0 unspecified atom stereocenters. The maximum atomic E-state index is 13.3. The third-order valence-electron chi connectivity index (χ3n) is 3.58. The lowest BCUT2D eigenvalue weighted by molar-refractivity contribution is 0.0347. The summed E-state index contributed by atoms with van der Waals surface area (Å²) >= 11 is 0. The number of ether oxygens (including phenoxy) is 1. The quantitative estimate of drug-likeness (QED) is 0.926. The normalized spacial score (nSPS) is 16.0. The molecule has 0 atom stereocenters. The van der Waals surface area contributed by atoms with E-state index in [4.69, 9.17) is 9.84 Å². The molecule has 1 N–H and O–H groups in total. The summed E-state index contributed by atoms with van der Waals surface area (Å²) in [6.45, 7) is 0.769. The van der Waals surface area contributed by atoms with Crippen LogP contribution in [0.2, 0.25) is 0 Å². The predicted octanol–water partition coefficient (Wildman–Crippen LogP) is 1.91. The van der Waals surface area contributed by atoms with Crippen molar-refractivity contribution in [2.75, 3.05) is 20.2 Å². The molecule has 0 bridgehead atoms. The van der Waals surface area contributed by atoms with E-state index in [2.05, 4.69) is 0 Å². The maximum absolute atomic E-state index is 13.3.